The van der Waals surface area contributed by atoms with Crippen molar-refractivity contribution < 1.29 is 33.7 Å². The summed E-state index contributed by atoms with van der Waals surface area (Å²) in [5, 5.41) is 9.15. The topological polar surface area (TPSA) is 109 Å². The molecule has 5 rings (SSSR count). The zero-order valence-electron chi connectivity index (χ0n) is 23.1. The lowest BCUT2D eigenvalue weighted by Gasteiger charge is -2.38. The first kappa shape index (κ1) is 28.3. The Labute approximate surface area is 230 Å². The summed E-state index contributed by atoms with van der Waals surface area (Å²) in [4.78, 5) is 47.8. The van der Waals surface area contributed by atoms with E-state index in [0.717, 1.165) is 38.9 Å². The molecule has 10 heteroatoms. The Kier molecular flexibility index (Phi) is 8.75. The third-order valence-electron chi connectivity index (χ3n) is 8.93. The molecule has 10 nitrogen and oxygen atoms in total. The summed E-state index contributed by atoms with van der Waals surface area (Å²) in [5.74, 6) is -2.45. The van der Waals surface area contributed by atoms with E-state index in [0.29, 0.717) is 58.7 Å². The molecule has 0 aromatic rings. The summed E-state index contributed by atoms with van der Waals surface area (Å²) < 4.78 is 17.9. The van der Waals surface area contributed by atoms with E-state index < -0.39 is 35.0 Å². The van der Waals surface area contributed by atoms with Crippen molar-refractivity contribution in [3.8, 4) is 0 Å². The summed E-state index contributed by atoms with van der Waals surface area (Å²) in [7, 11) is 0. The van der Waals surface area contributed by atoms with E-state index in [1.807, 2.05) is 36.1 Å². The van der Waals surface area contributed by atoms with Crippen LogP contribution in [0, 0.1) is 11.8 Å². The lowest BCUT2D eigenvalue weighted by Crippen LogP contribution is -2.56. The third-order valence-corrected chi connectivity index (χ3v) is 8.93. The Morgan fingerprint density at radius 2 is 1.72 bits per heavy atom. The fourth-order valence-electron chi connectivity index (χ4n) is 6.96. The van der Waals surface area contributed by atoms with Crippen molar-refractivity contribution in [2.24, 2.45) is 11.8 Å². The van der Waals surface area contributed by atoms with Gasteiger partial charge in [-0.15, -0.1) is 0 Å². The van der Waals surface area contributed by atoms with E-state index in [-0.39, 0.29) is 18.4 Å². The largest absolute Gasteiger partial charge is 0.465 e. The van der Waals surface area contributed by atoms with Gasteiger partial charge in [-0.05, 0) is 32.6 Å². The normalized spacial score (nSPS) is 35.9. The second-order valence-corrected chi connectivity index (χ2v) is 11.5. The van der Waals surface area contributed by atoms with Crippen LogP contribution in [0.25, 0.3) is 0 Å². The Morgan fingerprint density at radius 3 is 2.51 bits per heavy atom. The second-order valence-electron chi connectivity index (χ2n) is 11.5. The van der Waals surface area contributed by atoms with Crippen LogP contribution in [0.3, 0.4) is 0 Å². The molecule has 1 N–H and O–H groups in total. The summed E-state index contributed by atoms with van der Waals surface area (Å²) >= 11 is 0. The zero-order valence-corrected chi connectivity index (χ0v) is 23.1. The quantitative estimate of drug-likeness (QED) is 0.261. The van der Waals surface area contributed by atoms with E-state index in [1.165, 1.54) is 0 Å². The number of hydrogen-bond acceptors (Lipinski definition) is 8. The molecular formula is C29H43N3O7. The fourth-order valence-corrected chi connectivity index (χ4v) is 6.96. The number of amides is 2. The first-order valence-electron chi connectivity index (χ1n) is 14.6. The molecule has 5 atom stereocenters. The highest BCUT2D eigenvalue weighted by atomic mass is 16.6. The molecule has 0 bridgehead atoms. The van der Waals surface area contributed by atoms with Crippen LogP contribution in [0.2, 0.25) is 0 Å². The molecule has 0 radical (unpaired) electrons. The van der Waals surface area contributed by atoms with E-state index in [9.17, 15) is 14.4 Å². The van der Waals surface area contributed by atoms with Crippen LogP contribution in [0.4, 0.5) is 0 Å². The number of likely N-dealkylation sites (tertiary alicyclic amines) is 1. The molecule has 0 saturated carbocycles. The van der Waals surface area contributed by atoms with E-state index in [4.69, 9.17) is 19.3 Å². The molecule has 5 aliphatic heterocycles. The number of allylic oxidation sites excluding steroid dienone is 1. The smallest absolute Gasteiger partial charge is 0.313 e. The average Bonchev–Trinajstić information content (AvgIpc) is 3.28. The van der Waals surface area contributed by atoms with E-state index in [2.05, 4.69) is 4.90 Å². The molecule has 3 saturated heterocycles. The maximum atomic E-state index is 14.3. The average molecular weight is 546 g/mol. The molecule has 3 fully saturated rings. The van der Waals surface area contributed by atoms with Gasteiger partial charge in [0, 0.05) is 45.9 Å². The fraction of sp³-hybridized carbons (Fsp3) is 0.759. The predicted octanol–water partition coefficient (Wildman–Crippen LogP) is 1.13. The number of cyclic esters (lactones) is 1. The molecule has 1 spiro atoms. The first-order chi connectivity index (χ1) is 18.9. The number of ether oxygens (including phenoxy) is 3. The summed E-state index contributed by atoms with van der Waals surface area (Å²) in [6, 6.07) is -0.843. The van der Waals surface area contributed by atoms with Gasteiger partial charge >= 0.3 is 5.97 Å². The highest BCUT2D eigenvalue weighted by Gasteiger charge is 2.74. The van der Waals surface area contributed by atoms with Crippen LogP contribution in [-0.2, 0) is 28.6 Å². The van der Waals surface area contributed by atoms with Gasteiger partial charge in [0.1, 0.15) is 17.6 Å². The Bertz CT molecular complexity index is 980. The number of carbonyl (C=O) groups is 3. The number of esters is 1. The molecule has 0 aliphatic carbocycles. The third kappa shape index (κ3) is 5.40. The highest BCUT2D eigenvalue weighted by molar-refractivity contribution is 5.99. The van der Waals surface area contributed by atoms with Crippen molar-refractivity contribution in [2.75, 3.05) is 65.7 Å². The van der Waals surface area contributed by atoms with Crippen molar-refractivity contribution in [3.63, 3.8) is 0 Å². The molecular weight excluding hydrogens is 502 g/mol. The molecule has 216 valence electrons. The van der Waals surface area contributed by atoms with Gasteiger partial charge in [0.2, 0.25) is 11.8 Å². The maximum Gasteiger partial charge on any atom is 0.313 e. The Hall–Kier alpha value is -2.27. The lowest BCUT2D eigenvalue weighted by atomic mass is 9.74. The van der Waals surface area contributed by atoms with Crippen molar-refractivity contribution in [2.45, 2.75) is 62.7 Å². The van der Waals surface area contributed by atoms with Crippen LogP contribution in [0.1, 0.15) is 45.4 Å². The molecule has 0 aromatic heterocycles. The number of unbranched alkanes of at least 4 members (excludes halogenated alkanes) is 3. The van der Waals surface area contributed by atoms with Crippen LogP contribution in [0.15, 0.2) is 24.3 Å². The second kappa shape index (κ2) is 12.1. The molecule has 2 amide bonds. The van der Waals surface area contributed by atoms with Gasteiger partial charge in [-0.2, -0.15) is 0 Å². The highest BCUT2D eigenvalue weighted by Crippen LogP contribution is 2.57. The number of carbonyl (C=O) groups excluding carboxylic acids is 3. The van der Waals surface area contributed by atoms with Crippen molar-refractivity contribution in [1.82, 2.24) is 14.7 Å². The van der Waals surface area contributed by atoms with Gasteiger partial charge in [0.05, 0.1) is 31.3 Å². The minimum absolute atomic E-state index is 0.132. The van der Waals surface area contributed by atoms with Gasteiger partial charge in [-0.1, -0.05) is 37.1 Å². The first-order valence-corrected chi connectivity index (χ1v) is 14.6. The molecule has 39 heavy (non-hydrogen) atoms. The Balaban J connectivity index is 1.46. The minimum Gasteiger partial charge on any atom is -0.465 e. The van der Waals surface area contributed by atoms with E-state index in [1.54, 1.807) is 4.90 Å². The summed E-state index contributed by atoms with van der Waals surface area (Å²) in [6.07, 6.45) is 12.3. The molecule has 5 aliphatic rings. The zero-order chi connectivity index (χ0) is 27.5. The van der Waals surface area contributed by atoms with Crippen molar-refractivity contribution in [1.29, 1.82) is 0 Å². The van der Waals surface area contributed by atoms with Crippen molar-refractivity contribution >= 4 is 17.8 Å². The number of aliphatic hydroxyl groups excluding tert-OH is 1. The predicted molar refractivity (Wildman–Crippen MR) is 143 cm³/mol. The number of hydrogen-bond donors (Lipinski definition) is 1. The number of nitrogens with zero attached hydrogens (tertiary/aromatic N) is 3. The number of morpholine rings is 1. The monoisotopic (exact) mass is 545 g/mol. The lowest BCUT2D eigenvalue weighted by molar-refractivity contribution is -0.159. The van der Waals surface area contributed by atoms with Gasteiger partial charge < -0.3 is 29.1 Å². The van der Waals surface area contributed by atoms with Gasteiger partial charge in [0.15, 0.2) is 0 Å². The molecule has 5 heterocycles. The number of fused-ring (bicyclic) bond motifs is 2. The van der Waals surface area contributed by atoms with Crippen LogP contribution in [-0.4, -0.2) is 121 Å². The number of aliphatic hydroxyl groups is 1. The standard InChI is InChI=1S/C29H43N3O7/c1-28-10-5-4-8-19-38-27(36)23(28)22-25(34)32(13-6-2-3-7-18-33)24-26(35)31(12-9-11-29(22,24)39-28)15-14-30-16-20-37-21-17-30/h5,9-11,22-24,33H,2-4,6-8,12-21H2,1H3/b10-5-/t22-,23-,24?,28+,29-/m0/s1. The van der Waals surface area contributed by atoms with Gasteiger partial charge in [-0.25, -0.2) is 0 Å². The van der Waals surface area contributed by atoms with Crippen LogP contribution in [0.5, 0.6) is 0 Å². The number of rotatable bonds is 9. The Morgan fingerprint density at radius 1 is 0.923 bits per heavy atom. The minimum atomic E-state index is -1.24. The van der Waals surface area contributed by atoms with Crippen molar-refractivity contribution in [3.05, 3.63) is 24.3 Å². The van der Waals surface area contributed by atoms with E-state index >= 15 is 0 Å². The van der Waals surface area contributed by atoms with Crippen LogP contribution >= 0.6 is 0 Å². The van der Waals surface area contributed by atoms with Gasteiger partial charge in [-0.3, -0.25) is 19.3 Å². The molecule has 1 unspecified atom stereocenters. The SMILES string of the molecule is C[C@@]12/C=C\CCCOC(=O)[C@@H]1[C@H]1C(=O)N(CCCCCCO)C3C(=O)N(CCN4CCOCC4)CC=C[C@@]31O2. The summed E-state index contributed by atoms with van der Waals surface area (Å²) in [6.45, 7) is 7.45. The molecule has 0 aromatic carbocycles. The summed E-state index contributed by atoms with van der Waals surface area (Å²) in [5.41, 5.74) is -2.30. The maximum absolute atomic E-state index is 14.3. The van der Waals surface area contributed by atoms with Gasteiger partial charge in [0.25, 0.3) is 0 Å². The van der Waals surface area contributed by atoms with Crippen LogP contribution < -0.4 is 0 Å².